The fourth-order valence-electron chi connectivity index (χ4n) is 2.79. The highest BCUT2D eigenvalue weighted by atomic mass is 35.5. The molecule has 1 heterocycles. The van der Waals surface area contributed by atoms with Crippen molar-refractivity contribution in [1.82, 2.24) is 4.90 Å². The number of nitrogens with zero attached hydrogens (tertiary/aromatic N) is 1. The third-order valence-electron chi connectivity index (χ3n) is 4.16. The average molecular weight is 370 g/mol. The van der Waals surface area contributed by atoms with Gasteiger partial charge in [-0.05, 0) is 50.5 Å². The summed E-state index contributed by atoms with van der Waals surface area (Å²) in [6.45, 7) is 5.50. The van der Waals surface area contributed by atoms with Gasteiger partial charge in [0.2, 0.25) is 5.91 Å². The zero-order valence-electron chi connectivity index (χ0n) is 14.2. The van der Waals surface area contributed by atoms with Crippen molar-refractivity contribution in [3.8, 4) is 0 Å². The Bertz CT molecular complexity index is 556. The van der Waals surface area contributed by atoms with E-state index in [0.717, 1.165) is 11.3 Å². The van der Waals surface area contributed by atoms with E-state index in [1.165, 1.54) is 0 Å². The van der Waals surface area contributed by atoms with E-state index in [1.807, 2.05) is 43.0 Å². The molecule has 24 heavy (non-hydrogen) atoms. The molecule has 0 N–H and O–H groups in total. The summed E-state index contributed by atoms with van der Waals surface area (Å²) in [5.41, 5.74) is 0. The second-order valence-electron chi connectivity index (χ2n) is 5.82. The Hall–Kier alpha value is -1.20. The SMILES string of the molecule is CCOC(=O)C1CCN(C(=O)[C@@H](CC)Sc2ccc(Cl)cc2)CC1. The van der Waals surface area contributed by atoms with Gasteiger partial charge in [-0.2, -0.15) is 0 Å². The maximum Gasteiger partial charge on any atom is 0.309 e. The van der Waals surface area contributed by atoms with Gasteiger partial charge in [0.1, 0.15) is 0 Å². The van der Waals surface area contributed by atoms with E-state index in [-0.39, 0.29) is 23.0 Å². The fraction of sp³-hybridized carbons (Fsp3) is 0.556. The van der Waals surface area contributed by atoms with Crippen molar-refractivity contribution in [2.24, 2.45) is 5.92 Å². The molecule has 1 atom stereocenters. The maximum absolute atomic E-state index is 12.8. The van der Waals surface area contributed by atoms with Crippen molar-refractivity contribution in [1.29, 1.82) is 0 Å². The van der Waals surface area contributed by atoms with Gasteiger partial charge < -0.3 is 9.64 Å². The van der Waals surface area contributed by atoms with E-state index in [0.29, 0.717) is 37.6 Å². The van der Waals surface area contributed by atoms with Crippen LogP contribution < -0.4 is 0 Å². The summed E-state index contributed by atoms with van der Waals surface area (Å²) in [7, 11) is 0. The molecule has 0 saturated carbocycles. The van der Waals surface area contributed by atoms with Gasteiger partial charge in [-0.1, -0.05) is 18.5 Å². The number of halogens is 1. The van der Waals surface area contributed by atoms with Crippen LogP contribution in [0.2, 0.25) is 5.02 Å². The topological polar surface area (TPSA) is 46.6 Å². The number of hydrogen-bond acceptors (Lipinski definition) is 4. The van der Waals surface area contributed by atoms with Crippen molar-refractivity contribution < 1.29 is 14.3 Å². The summed E-state index contributed by atoms with van der Waals surface area (Å²) in [6, 6.07) is 7.56. The molecule has 0 aromatic heterocycles. The standard InChI is InChI=1S/C18H24ClNO3S/c1-3-16(24-15-7-5-14(19)6-8-15)17(21)20-11-9-13(10-12-20)18(22)23-4-2/h5-8,13,16H,3-4,9-12H2,1-2H3/t16-/m1/s1. The van der Waals surface area contributed by atoms with Gasteiger partial charge >= 0.3 is 5.97 Å². The number of likely N-dealkylation sites (tertiary alicyclic amines) is 1. The Labute approximate surface area is 152 Å². The third kappa shape index (κ3) is 5.15. The Balaban J connectivity index is 1.90. The molecular weight excluding hydrogens is 346 g/mol. The van der Waals surface area contributed by atoms with E-state index < -0.39 is 0 Å². The molecule has 1 amide bonds. The monoisotopic (exact) mass is 369 g/mol. The lowest BCUT2D eigenvalue weighted by atomic mass is 9.96. The molecule has 1 aromatic rings. The number of hydrogen-bond donors (Lipinski definition) is 0. The van der Waals surface area contributed by atoms with Gasteiger partial charge in [0.15, 0.2) is 0 Å². The highest BCUT2D eigenvalue weighted by Gasteiger charge is 2.31. The lowest BCUT2D eigenvalue weighted by Gasteiger charge is -2.33. The van der Waals surface area contributed by atoms with Gasteiger partial charge in [0, 0.05) is 23.0 Å². The lowest BCUT2D eigenvalue weighted by molar-refractivity contribution is -0.151. The molecule has 0 bridgehead atoms. The lowest BCUT2D eigenvalue weighted by Crippen LogP contribution is -2.44. The molecule has 1 fully saturated rings. The maximum atomic E-state index is 12.8. The van der Waals surface area contributed by atoms with Gasteiger partial charge in [-0.15, -0.1) is 11.8 Å². The highest BCUT2D eigenvalue weighted by Crippen LogP contribution is 2.29. The number of amides is 1. The normalized spacial score (nSPS) is 16.7. The third-order valence-corrected chi connectivity index (χ3v) is 5.78. The molecule has 4 nitrogen and oxygen atoms in total. The first kappa shape index (κ1) is 19.1. The van der Waals surface area contributed by atoms with E-state index >= 15 is 0 Å². The minimum atomic E-state index is -0.132. The zero-order chi connectivity index (χ0) is 17.5. The Kier molecular flexibility index (Phi) is 7.43. The van der Waals surface area contributed by atoms with Crippen LogP contribution in [0, 0.1) is 5.92 Å². The molecule has 0 aliphatic carbocycles. The van der Waals surface area contributed by atoms with Gasteiger partial charge in [-0.3, -0.25) is 9.59 Å². The predicted molar refractivity (Wildman–Crippen MR) is 97.3 cm³/mol. The molecule has 1 aliphatic heterocycles. The van der Waals surface area contributed by atoms with Crippen LogP contribution in [0.25, 0.3) is 0 Å². The summed E-state index contributed by atoms with van der Waals surface area (Å²) in [4.78, 5) is 27.5. The molecule has 6 heteroatoms. The minimum Gasteiger partial charge on any atom is -0.466 e. The number of benzene rings is 1. The number of thioether (sulfide) groups is 1. The number of carbonyl (C=O) groups excluding carboxylic acids is 2. The van der Waals surface area contributed by atoms with Gasteiger partial charge in [-0.25, -0.2) is 0 Å². The largest absolute Gasteiger partial charge is 0.466 e. The molecule has 1 saturated heterocycles. The number of esters is 1. The smallest absolute Gasteiger partial charge is 0.309 e. The number of piperidine rings is 1. The first-order chi connectivity index (χ1) is 11.5. The van der Waals surface area contributed by atoms with E-state index in [1.54, 1.807) is 11.8 Å². The van der Waals surface area contributed by atoms with Crippen LogP contribution in [-0.4, -0.2) is 41.7 Å². The summed E-state index contributed by atoms with van der Waals surface area (Å²) in [5.74, 6) is -0.0510. The van der Waals surface area contributed by atoms with Crippen molar-refractivity contribution in [2.45, 2.75) is 43.3 Å². The van der Waals surface area contributed by atoms with Crippen molar-refractivity contribution >= 4 is 35.2 Å². The molecule has 0 spiro atoms. The molecule has 0 radical (unpaired) electrons. The van der Waals surface area contributed by atoms with Crippen molar-refractivity contribution in [2.75, 3.05) is 19.7 Å². The molecule has 1 aliphatic rings. The molecule has 2 rings (SSSR count). The van der Waals surface area contributed by atoms with E-state index in [9.17, 15) is 9.59 Å². The van der Waals surface area contributed by atoms with Crippen LogP contribution in [0.3, 0.4) is 0 Å². The molecule has 0 unspecified atom stereocenters. The quantitative estimate of drug-likeness (QED) is 0.561. The Morgan fingerprint density at radius 3 is 2.42 bits per heavy atom. The summed E-state index contributed by atoms with van der Waals surface area (Å²) in [5, 5.41) is 0.588. The van der Waals surface area contributed by atoms with E-state index in [2.05, 4.69) is 0 Å². The fourth-order valence-corrected chi connectivity index (χ4v) is 3.95. The van der Waals surface area contributed by atoms with Crippen LogP contribution in [0.5, 0.6) is 0 Å². The number of rotatable bonds is 6. The molecular formula is C18H24ClNO3S. The first-order valence-corrected chi connectivity index (χ1v) is 9.68. The van der Waals surface area contributed by atoms with E-state index in [4.69, 9.17) is 16.3 Å². The molecule has 132 valence electrons. The zero-order valence-corrected chi connectivity index (χ0v) is 15.7. The minimum absolute atomic E-state index is 0.0713. The average Bonchev–Trinajstić information content (AvgIpc) is 2.61. The van der Waals surface area contributed by atoms with Crippen LogP contribution >= 0.6 is 23.4 Å². The molecule has 1 aromatic carbocycles. The van der Waals surface area contributed by atoms with Crippen LogP contribution in [0.1, 0.15) is 33.1 Å². The Morgan fingerprint density at radius 2 is 1.88 bits per heavy atom. The van der Waals surface area contributed by atoms with Crippen LogP contribution in [0.15, 0.2) is 29.2 Å². The Morgan fingerprint density at radius 1 is 1.25 bits per heavy atom. The van der Waals surface area contributed by atoms with Crippen LogP contribution in [0.4, 0.5) is 0 Å². The summed E-state index contributed by atoms with van der Waals surface area (Å²) >= 11 is 7.48. The highest BCUT2D eigenvalue weighted by molar-refractivity contribution is 8.00. The predicted octanol–water partition coefficient (Wildman–Crippen LogP) is 4.01. The van der Waals surface area contributed by atoms with Crippen LogP contribution in [-0.2, 0) is 14.3 Å². The first-order valence-electron chi connectivity index (χ1n) is 8.42. The second-order valence-corrected chi connectivity index (χ2v) is 7.53. The second kappa shape index (κ2) is 9.33. The van der Waals surface area contributed by atoms with Gasteiger partial charge in [0.05, 0.1) is 17.8 Å². The summed E-state index contributed by atoms with van der Waals surface area (Å²) < 4.78 is 5.08. The number of carbonyl (C=O) groups is 2. The van der Waals surface area contributed by atoms with Gasteiger partial charge in [0.25, 0.3) is 0 Å². The van der Waals surface area contributed by atoms with Crippen molar-refractivity contribution in [3.05, 3.63) is 29.3 Å². The van der Waals surface area contributed by atoms with Crippen molar-refractivity contribution in [3.63, 3.8) is 0 Å². The summed E-state index contributed by atoms with van der Waals surface area (Å²) in [6.07, 6.45) is 2.14. The number of ether oxygens (including phenoxy) is 1.